The van der Waals surface area contributed by atoms with Gasteiger partial charge in [-0.25, -0.2) is 4.98 Å². The lowest BCUT2D eigenvalue weighted by molar-refractivity contribution is 0.0233. The highest BCUT2D eigenvalue weighted by atomic mass is 15.2. The zero-order valence-electron chi connectivity index (χ0n) is 11.3. The quantitative estimate of drug-likeness (QED) is 0.876. The van der Waals surface area contributed by atoms with Gasteiger partial charge in [0.25, 0.3) is 0 Å². The molecular weight excluding hydrogens is 224 g/mol. The standard InChI is InChI=1S/C14H24N4/c1-15-12-9-13-3-2-4-14(10-12)18(13)8-7-17-6-5-16-11-17/h5-6,11-15H,2-4,7-10H2,1H3. The molecule has 1 aromatic rings. The molecule has 2 aliphatic rings. The van der Waals surface area contributed by atoms with Crippen molar-refractivity contribution in [2.24, 2.45) is 0 Å². The molecule has 0 aromatic carbocycles. The Balaban J connectivity index is 1.61. The Bertz CT molecular complexity index is 348. The number of hydrogen-bond acceptors (Lipinski definition) is 3. The first-order chi connectivity index (χ1) is 8.86. The van der Waals surface area contributed by atoms with E-state index in [1.54, 1.807) is 0 Å². The average molecular weight is 248 g/mol. The third-order valence-corrected chi connectivity index (χ3v) is 4.71. The fraction of sp³-hybridized carbons (Fsp3) is 0.786. The van der Waals surface area contributed by atoms with Gasteiger partial charge in [-0.2, -0.15) is 0 Å². The third-order valence-electron chi connectivity index (χ3n) is 4.71. The molecule has 3 heterocycles. The summed E-state index contributed by atoms with van der Waals surface area (Å²) in [5.41, 5.74) is 0. The number of fused-ring (bicyclic) bond motifs is 2. The maximum atomic E-state index is 4.12. The predicted octanol–water partition coefficient (Wildman–Crippen LogP) is 1.49. The molecule has 18 heavy (non-hydrogen) atoms. The summed E-state index contributed by atoms with van der Waals surface area (Å²) < 4.78 is 2.19. The highest BCUT2D eigenvalue weighted by Crippen LogP contribution is 2.33. The van der Waals surface area contributed by atoms with Gasteiger partial charge in [0.1, 0.15) is 0 Å². The van der Waals surface area contributed by atoms with E-state index in [4.69, 9.17) is 0 Å². The Morgan fingerprint density at radius 3 is 2.61 bits per heavy atom. The number of hydrogen-bond donors (Lipinski definition) is 1. The number of piperidine rings is 2. The minimum atomic E-state index is 0.741. The molecule has 2 atom stereocenters. The molecule has 2 bridgehead atoms. The lowest BCUT2D eigenvalue weighted by atomic mass is 9.82. The lowest BCUT2D eigenvalue weighted by Gasteiger charge is -2.49. The molecule has 2 unspecified atom stereocenters. The van der Waals surface area contributed by atoms with Crippen molar-refractivity contribution in [3.63, 3.8) is 0 Å². The monoisotopic (exact) mass is 248 g/mol. The smallest absolute Gasteiger partial charge is 0.0946 e. The van der Waals surface area contributed by atoms with E-state index in [0.29, 0.717) is 0 Å². The van der Waals surface area contributed by atoms with Crippen LogP contribution in [0.1, 0.15) is 32.1 Å². The molecule has 4 nitrogen and oxygen atoms in total. The van der Waals surface area contributed by atoms with E-state index in [1.165, 1.54) is 38.6 Å². The van der Waals surface area contributed by atoms with Crippen molar-refractivity contribution in [3.05, 3.63) is 18.7 Å². The Labute approximate surface area is 109 Å². The molecule has 0 radical (unpaired) electrons. The summed E-state index contributed by atoms with van der Waals surface area (Å²) in [6.07, 6.45) is 12.7. The lowest BCUT2D eigenvalue weighted by Crippen LogP contribution is -2.56. The van der Waals surface area contributed by atoms with Crippen molar-refractivity contribution in [1.82, 2.24) is 19.8 Å². The van der Waals surface area contributed by atoms with Crippen molar-refractivity contribution in [2.45, 2.75) is 56.8 Å². The van der Waals surface area contributed by atoms with Crippen molar-refractivity contribution in [2.75, 3.05) is 13.6 Å². The first-order valence-electron chi connectivity index (χ1n) is 7.25. The normalized spacial score (nSPS) is 32.6. The Morgan fingerprint density at radius 1 is 1.22 bits per heavy atom. The summed E-state index contributed by atoms with van der Waals surface area (Å²) in [5.74, 6) is 0. The first kappa shape index (κ1) is 12.2. The van der Waals surface area contributed by atoms with Gasteiger partial charge in [0.2, 0.25) is 0 Å². The number of aromatic nitrogens is 2. The first-order valence-corrected chi connectivity index (χ1v) is 7.25. The third kappa shape index (κ3) is 2.45. The van der Waals surface area contributed by atoms with Crippen LogP contribution >= 0.6 is 0 Å². The van der Waals surface area contributed by atoms with Crippen molar-refractivity contribution in [3.8, 4) is 0 Å². The summed E-state index contributed by atoms with van der Waals surface area (Å²) in [4.78, 5) is 6.88. The molecule has 100 valence electrons. The van der Waals surface area contributed by atoms with Crippen LogP contribution in [0.2, 0.25) is 0 Å². The van der Waals surface area contributed by atoms with Crippen LogP contribution in [0.25, 0.3) is 0 Å². The molecule has 2 saturated heterocycles. The minimum absolute atomic E-state index is 0.741. The van der Waals surface area contributed by atoms with Gasteiger partial charge in [-0.1, -0.05) is 6.42 Å². The molecule has 2 fully saturated rings. The fourth-order valence-corrected chi connectivity index (χ4v) is 3.73. The second-order valence-corrected chi connectivity index (χ2v) is 5.73. The van der Waals surface area contributed by atoms with Gasteiger partial charge in [-0.15, -0.1) is 0 Å². The summed E-state index contributed by atoms with van der Waals surface area (Å²) in [6, 6.07) is 2.35. The van der Waals surface area contributed by atoms with E-state index >= 15 is 0 Å². The van der Waals surface area contributed by atoms with Crippen LogP contribution in [0.5, 0.6) is 0 Å². The van der Waals surface area contributed by atoms with Gasteiger partial charge in [0.15, 0.2) is 0 Å². The largest absolute Gasteiger partial charge is 0.336 e. The number of rotatable bonds is 4. The van der Waals surface area contributed by atoms with Crippen LogP contribution in [0, 0.1) is 0 Å². The second-order valence-electron chi connectivity index (χ2n) is 5.73. The highest BCUT2D eigenvalue weighted by Gasteiger charge is 2.37. The van der Waals surface area contributed by atoms with Crippen LogP contribution in [-0.2, 0) is 6.54 Å². The van der Waals surface area contributed by atoms with Crippen LogP contribution in [0.3, 0.4) is 0 Å². The van der Waals surface area contributed by atoms with Crippen molar-refractivity contribution in [1.29, 1.82) is 0 Å². The van der Waals surface area contributed by atoms with Gasteiger partial charge in [-0.05, 0) is 32.7 Å². The van der Waals surface area contributed by atoms with Gasteiger partial charge in [0, 0.05) is 43.6 Å². The predicted molar refractivity (Wildman–Crippen MR) is 72.4 cm³/mol. The Hall–Kier alpha value is -0.870. The second kappa shape index (κ2) is 5.41. The minimum Gasteiger partial charge on any atom is -0.336 e. The summed E-state index contributed by atoms with van der Waals surface area (Å²) in [5, 5.41) is 3.48. The maximum Gasteiger partial charge on any atom is 0.0946 e. The van der Waals surface area contributed by atoms with Crippen LogP contribution in [-0.4, -0.2) is 46.2 Å². The molecule has 3 rings (SSSR count). The van der Waals surface area contributed by atoms with E-state index in [2.05, 4.69) is 33.0 Å². The summed E-state index contributed by atoms with van der Waals surface area (Å²) in [7, 11) is 2.11. The van der Waals surface area contributed by atoms with E-state index in [1.807, 2.05) is 12.5 Å². The number of imidazole rings is 1. The van der Waals surface area contributed by atoms with Gasteiger partial charge >= 0.3 is 0 Å². The van der Waals surface area contributed by atoms with Crippen LogP contribution in [0.15, 0.2) is 18.7 Å². The zero-order valence-corrected chi connectivity index (χ0v) is 11.3. The highest BCUT2D eigenvalue weighted by molar-refractivity contribution is 4.94. The van der Waals surface area contributed by atoms with Crippen LogP contribution in [0.4, 0.5) is 0 Å². The van der Waals surface area contributed by atoms with E-state index in [0.717, 1.165) is 24.7 Å². The zero-order chi connectivity index (χ0) is 12.4. The topological polar surface area (TPSA) is 33.1 Å². The maximum absolute atomic E-state index is 4.12. The molecule has 1 aromatic heterocycles. The molecule has 0 amide bonds. The Kier molecular flexibility index (Phi) is 3.66. The SMILES string of the molecule is CNC1CC2CCCC(C1)N2CCn1ccnc1. The molecule has 0 spiro atoms. The summed E-state index contributed by atoms with van der Waals surface area (Å²) in [6.45, 7) is 2.26. The van der Waals surface area contributed by atoms with Gasteiger partial charge in [-0.3, -0.25) is 4.90 Å². The molecule has 2 aliphatic heterocycles. The molecular formula is C14H24N4. The molecule has 0 aliphatic carbocycles. The fourth-order valence-electron chi connectivity index (χ4n) is 3.73. The van der Waals surface area contributed by atoms with E-state index in [-0.39, 0.29) is 0 Å². The van der Waals surface area contributed by atoms with Crippen molar-refractivity contribution < 1.29 is 0 Å². The molecule has 0 saturated carbocycles. The van der Waals surface area contributed by atoms with E-state index < -0.39 is 0 Å². The number of nitrogens with one attached hydrogen (secondary N) is 1. The van der Waals surface area contributed by atoms with E-state index in [9.17, 15) is 0 Å². The molecule has 1 N–H and O–H groups in total. The van der Waals surface area contributed by atoms with Crippen molar-refractivity contribution >= 4 is 0 Å². The van der Waals surface area contributed by atoms with Gasteiger partial charge < -0.3 is 9.88 Å². The average Bonchev–Trinajstić information content (AvgIpc) is 2.88. The van der Waals surface area contributed by atoms with Gasteiger partial charge in [0.05, 0.1) is 6.33 Å². The van der Waals surface area contributed by atoms with Crippen LogP contribution < -0.4 is 5.32 Å². The summed E-state index contributed by atoms with van der Waals surface area (Å²) >= 11 is 0. The molecule has 4 heteroatoms. The number of nitrogens with zero attached hydrogens (tertiary/aromatic N) is 3. The Morgan fingerprint density at radius 2 is 2.00 bits per heavy atom.